The molecule has 1 atom stereocenters. The number of carbonyl (C=O) groups excluding carboxylic acids is 1. The number of urea groups is 1. The molecule has 0 bridgehead atoms. The second kappa shape index (κ2) is 7.56. The number of rotatable bonds is 4. The molecule has 1 fully saturated rings. The minimum Gasteiger partial charge on any atom is -0.496 e. The molecule has 1 aliphatic heterocycles. The first-order chi connectivity index (χ1) is 13.1. The number of likely N-dealkylation sites (tertiary alicyclic amines) is 1. The summed E-state index contributed by atoms with van der Waals surface area (Å²) >= 11 is 0. The molecular formula is C20H26F3N3O2. The van der Waals surface area contributed by atoms with Crippen LogP contribution in [0.5, 0.6) is 5.75 Å². The molecule has 154 valence electrons. The highest BCUT2D eigenvalue weighted by Gasteiger charge is 2.51. The van der Waals surface area contributed by atoms with Crippen molar-refractivity contribution in [3.63, 3.8) is 0 Å². The van der Waals surface area contributed by atoms with Crippen molar-refractivity contribution in [2.45, 2.75) is 32.9 Å². The van der Waals surface area contributed by atoms with Crippen LogP contribution in [0, 0.1) is 11.3 Å². The number of aromatic nitrogens is 1. The Labute approximate surface area is 162 Å². The van der Waals surface area contributed by atoms with Gasteiger partial charge in [-0.05, 0) is 36.0 Å². The molecule has 2 heterocycles. The Morgan fingerprint density at radius 1 is 1.39 bits per heavy atom. The number of fused-ring (bicyclic) bond motifs is 1. The van der Waals surface area contributed by atoms with Gasteiger partial charge >= 0.3 is 12.2 Å². The van der Waals surface area contributed by atoms with E-state index in [0.29, 0.717) is 13.0 Å². The third kappa shape index (κ3) is 4.05. The van der Waals surface area contributed by atoms with Gasteiger partial charge in [0.05, 0.1) is 13.0 Å². The fourth-order valence-corrected chi connectivity index (χ4v) is 4.14. The lowest BCUT2D eigenvalue weighted by Gasteiger charge is -2.44. The van der Waals surface area contributed by atoms with Gasteiger partial charge in [-0.25, -0.2) is 4.79 Å². The number of amides is 2. The highest BCUT2D eigenvalue weighted by Crippen LogP contribution is 2.45. The van der Waals surface area contributed by atoms with Gasteiger partial charge in [0.2, 0.25) is 0 Å². The van der Waals surface area contributed by atoms with Crippen molar-refractivity contribution in [1.82, 2.24) is 15.2 Å². The minimum absolute atomic E-state index is 0.0659. The SMILES string of the molecule is COc1cccc2[nH]cc(CCNC(=O)N3CC[C@@H](C(F)(F)F)C(C)(C)C3)c12. The summed E-state index contributed by atoms with van der Waals surface area (Å²) in [4.78, 5) is 17.1. The Morgan fingerprint density at radius 3 is 2.79 bits per heavy atom. The van der Waals surface area contributed by atoms with Crippen molar-refractivity contribution in [2.75, 3.05) is 26.7 Å². The molecule has 1 aromatic carbocycles. The fourth-order valence-electron chi connectivity index (χ4n) is 4.14. The summed E-state index contributed by atoms with van der Waals surface area (Å²) in [6, 6.07) is 5.41. The molecule has 2 N–H and O–H groups in total. The second-order valence-corrected chi connectivity index (χ2v) is 7.97. The van der Waals surface area contributed by atoms with Gasteiger partial charge in [-0.15, -0.1) is 0 Å². The zero-order valence-corrected chi connectivity index (χ0v) is 16.3. The number of methoxy groups -OCH3 is 1. The van der Waals surface area contributed by atoms with E-state index >= 15 is 0 Å². The Morgan fingerprint density at radius 2 is 2.14 bits per heavy atom. The van der Waals surface area contributed by atoms with Crippen LogP contribution >= 0.6 is 0 Å². The van der Waals surface area contributed by atoms with Crippen LogP contribution in [-0.4, -0.2) is 48.8 Å². The molecule has 3 rings (SSSR count). The molecule has 0 radical (unpaired) electrons. The number of hydrogen-bond acceptors (Lipinski definition) is 2. The number of H-pyrrole nitrogens is 1. The number of nitrogens with one attached hydrogen (secondary N) is 2. The van der Waals surface area contributed by atoms with Crippen molar-refractivity contribution < 1.29 is 22.7 Å². The highest BCUT2D eigenvalue weighted by atomic mass is 19.4. The second-order valence-electron chi connectivity index (χ2n) is 7.97. The average Bonchev–Trinajstić information content (AvgIpc) is 3.03. The minimum atomic E-state index is -4.24. The molecule has 5 nitrogen and oxygen atoms in total. The molecular weight excluding hydrogens is 371 g/mol. The van der Waals surface area contributed by atoms with E-state index in [1.165, 1.54) is 4.90 Å². The van der Waals surface area contributed by atoms with Crippen molar-refractivity contribution in [3.8, 4) is 5.75 Å². The molecule has 2 aromatic rings. The molecule has 8 heteroatoms. The van der Waals surface area contributed by atoms with Gasteiger partial charge in [0.1, 0.15) is 5.75 Å². The van der Waals surface area contributed by atoms with Gasteiger partial charge in [-0.1, -0.05) is 19.9 Å². The molecule has 2 amide bonds. The average molecular weight is 397 g/mol. The number of nitrogens with zero attached hydrogens (tertiary/aromatic N) is 1. The Balaban J connectivity index is 1.59. The van der Waals surface area contributed by atoms with Crippen LogP contribution in [0.25, 0.3) is 10.9 Å². The van der Waals surface area contributed by atoms with Gasteiger partial charge < -0.3 is 19.9 Å². The Bertz CT molecular complexity index is 845. The van der Waals surface area contributed by atoms with E-state index in [-0.39, 0.29) is 25.5 Å². The van der Waals surface area contributed by atoms with Crippen molar-refractivity contribution in [2.24, 2.45) is 11.3 Å². The van der Waals surface area contributed by atoms with E-state index in [1.54, 1.807) is 21.0 Å². The predicted molar refractivity (Wildman–Crippen MR) is 101 cm³/mol. The zero-order valence-electron chi connectivity index (χ0n) is 16.3. The molecule has 0 spiro atoms. The highest BCUT2D eigenvalue weighted by molar-refractivity contribution is 5.89. The van der Waals surface area contributed by atoms with Crippen LogP contribution in [0.2, 0.25) is 0 Å². The van der Waals surface area contributed by atoms with Gasteiger partial charge in [0.25, 0.3) is 0 Å². The summed E-state index contributed by atoms with van der Waals surface area (Å²) in [6.45, 7) is 3.74. The lowest BCUT2D eigenvalue weighted by Crippen LogP contribution is -2.54. The standard InChI is InChI=1S/C20H26F3N3O2/c1-19(2)12-26(10-8-16(19)20(21,22)23)18(27)24-9-7-13-11-25-14-5-4-6-15(28-3)17(13)14/h4-6,11,16,25H,7-10,12H2,1-3H3,(H,24,27)/t16-/m1/s1. The van der Waals surface area contributed by atoms with Crippen LogP contribution < -0.4 is 10.1 Å². The van der Waals surface area contributed by atoms with E-state index in [2.05, 4.69) is 10.3 Å². The van der Waals surface area contributed by atoms with Crippen molar-refractivity contribution in [3.05, 3.63) is 30.0 Å². The maximum absolute atomic E-state index is 13.2. The summed E-state index contributed by atoms with van der Waals surface area (Å²) < 4.78 is 44.9. The number of halogens is 3. The maximum atomic E-state index is 13.2. The molecule has 0 unspecified atom stereocenters. The summed E-state index contributed by atoms with van der Waals surface area (Å²) in [7, 11) is 1.61. The quantitative estimate of drug-likeness (QED) is 0.806. The van der Waals surface area contributed by atoms with E-state index in [9.17, 15) is 18.0 Å². The summed E-state index contributed by atoms with van der Waals surface area (Å²) in [5.41, 5.74) is 0.971. The van der Waals surface area contributed by atoms with E-state index in [0.717, 1.165) is 22.2 Å². The van der Waals surface area contributed by atoms with Crippen LogP contribution in [0.4, 0.5) is 18.0 Å². The molecule has 1 aromatic heterocycles. The predicted octanol–water partition coefficient (Wildman–Crippen LogP) is 4.34. The van der Waals surface area contributed by atoms with Gasteiger partial charge in [-0.2, -0.15) is 13.2 Å². The first kappa shape index (κ1) is 20.4. The lowest BCUT2D eigenvalue weighted by molar-refractivity contribution is -0.214. The summed E-state index contributed by atoms with van der Waals surface area (Å²) in [5.74, 6) is -0.626. The number of aromatic amines is 1. The van der Waals surface area contributed by atoms with Gasteiger partial charge in [0, 0.05) is 36.7 Å². The monoisotopic (exact) mass is 397 g/mol. The number of benzene rings is 1. The van der Waals surface area contributed by atoms with Crippen LogP contribution in [0.15, 0.2) is 24.4 Å². The molecule has 1 aliphatic rings. The number of hydrogen-bond donors (Lipinski definition) is 2. The van der Waals surface area contributed by atoms with Crippen molar-refractivity contribution >= 4 is 16.9 Å². The first-order valence-corrected chi connectivity index (χ1v) is 9.36. The fraction of sp³-hybridized carbons (Fsp3) is 0.550. The van der Waals surface area contributed by atoms with Crippen LogP contribution in [-0.2, 0) is 6.42 Å². The van der Waals surface area contributed by atoms with Crippen LogP contribution in [0.1, 0.15) is 25.8 Å². The lowest BCUT2D eigenvalue weighted by atomic mass is 9.73. The smallest absolute Gasteiger partial charge is 0.392 e. The molecule has 0 aliphatic carbocycles. The maximum Gasteiger partial charge on any atom is 0.392 e. The Kier molecular flexibility index (Phi) is 5.50. The first-order valence-electron chi connectivity index (χ1n) is 9.36. The van der Waals surface area contributed by atoms with Gasteiger partial charge in [-0.3, -0.25) is 0 Å². The van der Waals surface area contributed by atoms with Crippen molar-refractivity contribution in [1.29, 1.82) is 0 Å². The summed E-state index contributed by atoms with van der Waals surface area (Å²) in [5, 5.41) is 3.81. The summed E-state index contributed by atoms with van der Waals surface area (Å²) in [6.07, 6.45) is -1.82. The van der Waals surface area contributed by atoms with Gasteiger partial charge in [0.15, 0.2) is 0 Å². The number of piperidine rings is 1. The zero-order chi connectivity index (χ0) is 20.5. The molecule has 0 saturated carbocycles. The normalized spacial score (nSPS) is 19.6. The molecule has 1 saturated heterocycles. The van der Waals surface area contributed by atoms with E-state index < -0.39 is 17.5 Å². The molecule has 28 heavy (non-hydrogen) atoms. The number of alkyl halides is 3. The third-order valence-electron chi connectivity index (χ3n) is 5.55. The van der Waals surface area contributed by atoms with E-state index in [4.69, 9.17) is 4.74 Å². The van der Waals surface area contributed by atoms with E-state index in [1.807, 2.05) is 24.4 Å². The largest absolute Gasteiger partial charge is 0.496 e. The third-order valence-corrected chi connectivity index (χ3v) is 5.55. The number of ether oxygens (including phenoxy) is 1. The Hall–Kier alpha value is -2.38. The van der Waals surface area contributed by atoms with Crippen LogP contribution in [0.3, 0.4) is 0 Å². The number of carbonyl (C=O) groups is 1. The topological polar surface area (TPSA) is 57.4 Å².